The average molecular weight is 671 g/mol. The van der Waals surface area contributed by atoms with Gasteiger partial charge in [-0.1, -0.05) is 60.1 Å². The highest BCUT2D eigenvalue weighted by Gasteiger charge is 2.72. The van der Waals surface area contributed by atoms with Gasteiger partial charge in [-0.2, -0.15) is 0 Å². The number of aliphatic imine (C=N–C) groups is 1. The van der Waals surface area contributed by atoms with E-state index in [1.54, 1.807) is 0 Å². The number of guanidine groups is 1. The molecule has 6 aliphatic rings. The molecule has 270 valence electrons. The van der Waals surface area contributed by atoms with Crippen LogP contribution in [-0.2, 0) is 23.8 Å². The molecule has 0 radical (unpaired) electrons. The van der Waals surface area contributed by atoms with Crippen LogP contribution in [0, 0.1) is 56.7 Å². The number of carbonyl (C=O) groups is 2. The second kappa shape index (κ2) is 12.3. The maximum absolute atomic E-state index is 13.4. The highest BCUT2D eigenvalue weighted by Crippen LogP contribution is 2.75. The van der Waals surface area contributed by atoms with Gasteiger partial charge in [0.05, 0.1) is 32.3 Å². The molecule has 0 aromatic rings. The SMILES string of the molecule is CC(=O)O[C@@H]1C[C@@]23COCC(C)(C2CC[C@H]2C3=CC[C@@]3(C)[C@H](C(=O)O)[C@@](C)([C@H](C)C(C)C)CC[C@]23C)[C@H]1OCCN1C[C@@H](N)CN=C1N. The van der Waals surface area contributed by atoms with E-state index in [0.717, 1.165) is 32.1 Å². The van der Waals surface area contributed by atoms with Crippen LogP contribution in [0.2, 0.25) is 0 Å². The minimum absolute atomic E-state index is 0.0596. The van der Waals surface area contributed by atoms with Gasteiger partial charge < -0.3 is 35.7 Å². The molecule has 3 saturated carbocycles. The van der Waals surface area contributed by atoms with Gasteiger partial charge in [-0.3, -0.25) is 14.6 Å². The molecule has 2 bridgehead atoms. The smallest absolute Gasteiger partial charge is 0.307 e. The molecular formula is C38H62N4O6. The number of carboxylic acids is 1. The second-order valence-electron chi connectivity index (χ2n) is 17.9. The lowest BCUT2D eigenvalue weighted by Gasteiger charge is -2.71. The number of aliphatic carboxylic acids is 1. The number of ether oxygens (including phenoxy) is 3. The third-order valence-corrected chi connectivity index (χ3v) is 15.3. The monoisotopic (exact) mass is 670 g/mol. The first-order valence-electron chi connectivity index (χ1n) is 18.5. The molecule has 6 rings (SSSR count). The Morgan fingerprint density at radius 3 is 2.52 bits per heavy atom. The molecule has 4 fully saturated rings. The summed E-state index contributed by atoms with van der Waals surface area (Å²) in [5, 5.41) is 11.0. The number of carbonyl (C=O) groups excluding carboxylic acids is 1. The molecule has 0 spiro atoms. The van der Waals surface area contributed by atoms with Crippen molar-refractivity contribution < 1.29 is 28.9 Å². The Morgan fingerprint density at radius 2 is 1.85 bits per heavy atom. The number of rotatable bonds is 8. The highest BCUT2D eigenvalue weighted by molar-refractivity contribution is 5.78. The Morgan fingerprint density at radius 1 is 1.12 bits per heavy atom. The molecule has 4 aliphatic carbocycles. The molecule has 10 nitrogen and oxygen atoms in total. The van der Waals surface area contributed by atoms with Gasteiger partial charge in [0, 0.05) is 36.9 Å². The van der Waals surface area contributed by atoms with Gasteiger partial charge in [0.15, 0.2) is 5.96 Å². The number of hydrogen-bond acceptors (Lipinski definition) is 9. The molecule has 2 heterocycles. The van der Waals surface area contributed by atoms with Crippen LogP contribution in [0.1, 0.15) is 93.9 Å². The van der Waals surface area contributed by atoms with Crippen LogP contribution in [0.25, 0.3) is 0 Å². The predicted molar refractivity (Wildman–Crippen MR) is 185 cm³/mol. The van der Waals surface area contributed by atoms with E-state index >= 15 is 0 Å². The molecule has 2 unspecified atom stereocenters. The summed E-state index contributed by atoms with van der Waals surface area (Å²) in [5.74, 6) is 0.347. The molecular weight excluding hydrogens is 608 g/mol. The van der Waals surface area contributed by atoms with Crippen molar-refractivity contribution in [1.29, 1.82) is 0 Å². The minimum Gasteiger partial charge on any atom is -0.481 e. The van der Waals surface area contributed by atoms with Crippen molar-refractivity contribution in [2.75, 3.05) is 39.5 Å². The lowest BCUT2D eigenvalue weighted by atomic mass is 9.34. The summed E-state index contributed by atoms with van der Waals surface area (Å²) in [7, 11) is 0. The molecule has 0 aromatic heterocycles. The number of fused-ring (bicyclic) bond motifs is 3. The highest BCUT2D eigenvalue weighted by atomic mass is 16.6. The van der Waals surface area contributed by atoms with Gasteiger partial charge in [0.2, 0.25) is 0 Å². The van der Waals surface area contributed by atoms with Gasteiger partial charge in [-0.25, -0.2) is 0 Å². The largest absolute Gasteiger partial charge is 0.481 e. The van der Waals surface area contributed by atoms with Crippen molar-refractivity contribution in [2.24, 2.45) is 73.1 Å². The van der Waals surface area contributed by atoms with Crippen LogP contribution in [0.3, 0.4) is 0 Å². The summed E-state index contributed by atoms with van der Waals surface area (Å²) in [5.41, 5.74) is 12.3. The number of hydrogen-bond donors (Lipinski definition) is 3. The van der Waals surface area contributed by atoms with Crippen LogP contribution in [-0.4, -0.2) is 85.6 Å². The molecule has 0 amide bonds. The van der Waals surface area contributed by atoms with E-state index in [0.29, 0.717) is 69.6 Å². The van der Waals surface area contributed by atoms with Crippen molar-refractivity contribution in [3.8, 4) is 0 Å². The summed E-state index contributed by atoms with van der Waals surface area (Å²) in [6.07, 6.45) is 7.01. The quantitative estimate of drug-likeness (QED) is 0.243. The topological polar surface area (TPSA) is 150 Å². The molecule has 2 aliphatic heterocycles. The number of carboxylic acid groups (broad SMARTS) is 1. The van der Waals surface area contributed by atoms with Crippen LogP contribution in [0.5, 0.6) is 0 Å². The van der Waals surface area contributed by atoms with Crippen molar-refractivity contribution in [3.05, 3.63) is 11.6 Å². The Kier molecular flexibility index (Phi) is 9.10. The van der Waals surface area contributed by atoms with Crippen LogP contribution in [0.4, 0.5) is 0 Å². The van der Waals surface area contributed by atoms with E-state index in [2.05, 4.69) is 59.5 Å². The summed E-state index contributed by atoms with van der Waals surface area (Å²) in [4.78, 5) is 32.3. The molecule has 5 N–H and O–H groups in total. The number of allylic oxidation sites excluding steroid dienone is 1. The van der Waals surface area contributed by atoms with Gasteiger partial charge in [0.1, 0.15) is 12.2 Å². The number of esters is 1. The van der Waals surface area contributed by atoms with Crippen molar-refractivity contribution in [2.45, 2.75) is 112 Å². The molecule has 12 atom stereocenters. The van der Waals surface area contributed by atoms with Gasteiger partial charge in [-0.15, -0.1) is 0 Å². The second-order valence-corrected chi connectivity index (χ2v) is 17.9. The van der Waals surface area contributed by atoms with E-state index < -0.39 is 18.0 Å². The Bertz CT molecular complexity index is 1350. The fourth-order valence-corrected chi connectivity index (χ4v) is 12.4. The Labute approximate surface area is 287 Å². The summed E-state index contributed by atoms with van der Waals surface area (Å²) >= 11 is 0. The van der Waals surface area contributed by atoms with E-state index in [1.807, 2.05) is 4.90 Å². The van der Waals surface area contributed by atoms with Crippen molar-refractivity contribution in [1.82, 2.24) is 4.90 Å². The van der Waals surface area contributed by atoms with Gasteiger partial charge >= 0.3 is 11.9 Å². The first-order chi connectivity index (χ1) is 22.4. The lowest BCUT2D eigenvalue weighted by molar-refractivity contribution is -0.267. The molecule has 10 heteroatoms. The van der Waals surface area contributed by atoms with Crippen molar-refractivity contribution >= 4 is 17.9 Å². The zero-order valence-corrected chi connectivity index (χ0v) is 30.7. The fraction of sp³-hybridized carbons (Fsp3) is 0.868. The molecule has 0 aromatic carbocycles. The first kappa shape index (κ1) is 35.6. The standard InChI is InChI=1S/C38H62N4O6/c1-22(2)23(3)34(5)13-14-36(7)26-9-10-29-35(6)20-46-21-38(29,27(26)11-12-37(36,8)30(34)32(44)45)17-28(48-24(4)43)31(35)47-16-15-42-19-25(39)18-41-33(42)40/h11,22-23,25-26,28-31H,9-10,12-21,39H2,1-8H3,(H2,40,41)(H,44,45)/t23-,25+,26+,28-,29?,30-,31+,34-,35?,36-,37+,38+/m1/s1. The van der Waals surface area contributed by atoms with Crippen LogP contribution < -0.4 is 11.5 Å². The van der Waals surface area contributed by atoms with Gasteiger partial charge in [-0.05, 0) is 78.4 Å². The molecule has 48 heavy (non-hydrogen) atoms. The third kappa shape index (κ3) is 5.16. The maximum atomic E-state index is 13.4. The first-order valence-corrected chi connectivity index (χ1v) is 18.5. The Balaban J connectivity index is 1.34. The minimum atomic E-state index is -0.650. The van der Waals surface area contributed by atoms with E-state index in [4.69, 9.17) is 25.7 Å². The summed E-state index contributed by atoms with van der Waals surface area (Å²) in [6, 6.07) is -0.0596. The predicted octanol–water partition coefficient (Wildman–Crippen LogP) is 4.85. The summed E-state index contributed by atoms with van der Waals surface area (Å²) < 4.78 is 19.5. The van der Waals surface area contributed by atoms with Gasteiger partial charge in [0.25, 0.3) is 0 Å². The molecule has 1 saturated heterocycles. The Hall–Kier alpha value is -2.17. The maximum Gasteiger partial charge on any atom is 0.307 e. The zero-order chi connectivity index (χ0) is 35.0. The summed E-state index contributed by atoms with van der Waals surface area (Å²) in [6.45, 7) is 20.7. The third-order valence-electron chi connectivity index (χ3n) is 15.3. The van der Waals surface area contributed by atoms with Crippen molar-refractivity contribution in [3.63, 3.8) is 0 Å². The fourth-order valence-electron chi connectivity index (χ4n) is 12.4. The normalized spacial score (nSPS) is 46.0. The van der Waals surface area contributed by atoms with E-state index in [9.17, 15) is 14.7 Å². The van der Waals surface area contributed by atoms with E-state index in [1.165, 1.54) is 12.5 Å². The lowest BCUT2D eigenvalue weighted by Crippen LogP contribution is -2.70. The number of nitrogens with two attached hydrogens (primary N) is 2. The average Bonchev–Trinajstić information content (AvgIpc) is 3.00. The van der Waals surface area contributed by atoms with Crippen LogP contribution >= 0.6 is 0 Å². The zero-order valence-electron chi connectivity index (χ0n) is 30.7. The van der Waals surface area contributed by atoms with E-state index in [-0.39, 0.29) is 51.1 Å². The van der Waals surface area contributed by atoms with Crippen LogP contribution in [0.15, 0.2) is 16.6 Å². The number of nitrogens with zero attached hydrogens (tertiary/aromatic N) is 2.